The van der Waals surface area contributed by atoms with Crippen LogP contribution in [0.25, 0.3) is 0 Å². The summed E-state index contributed by atoms with van der Waals surface area (Å²) in [5.41, 5.74) is 3.99. The maximum Gasteiger partial charge on any atom is 0.257 e. The van der Waals surface area contributed by atoms with Crippen LogP contribution < -0.4 is 4.74 Å². The molecule has 0 unspecified atom stereocenters. The summed E-state index contributed by atoms with van der Waals surface area (Å²) >= 11 is 7.05. The predicted molar refractivity (Wildman–Crippen MR) is 92.4 cm³/mol. The molecule has 0 atom stereocenters. The molecule has 1 aromatic heterocycles. The number of hydrogen-bond acceptors (Lipinski definition) is 2. The van der Waals surface area contributed by atoms with Crippen molar-refractivity contribution in [3.8, 4) is 5.75 Å². The van der Waals surface area contributed by atoms with Crippen LogP contribution >= 0.6 is 31.9 Å². The molecule has 2 aromatic rings. The smallest absolute Gasteiger partial charge is 0.257 e. The monoisotopic (exact) mass is 426 g/mol. The third-order valence-electron chi connectivity index (χ3n) is 3.94. The highest BCUT2D eigenvalue weighted by molar-refractivity contribution is 9.13. The molecule has 1 aliphatic heterocycles. The number of H-pyrrole nitrogens is 1. The van der Waals surface area contributed by atoms with Crippen LogP contribution in [0.1, 0.15) is 27.2 Å². The normalized spacial score (nSPS) is 13.9. The number of benzene rings is 1. The van der Waals surface area contributed by atoms with E-state index in [1.165, 1.54) is 5.69 Å². The van der Waals surface area contributed by atoms with Gasteiger partial charge in [0.1, 0.15) is 5.75 Å². The average Bonchev–Trinajstić information content (AvgIpc) is 2.81. The van der Waals surface area contributed by atoms with Gasteiger partial charge in [0.25, 0.3) is 5.91 Å². The summed E-state index contributed by atoms with van der Waals surface area (Å²) in [7, 11) is 1.59. The van der Waals surface area contributed by atoms with Gasteiger partial charge in [-0.2, -0.15) is 0 Å². The van der Waals surface area contributed by atoms with E-state index in [-0.39, 0.29) is 5.91 Å². The first-order valence-corrected chi connectivity index (χ1v) is 8.58. The van der Waals surface area contributed by atoms with Gasteiger partial charge >= 0.3 is 0 Å². The topological polar surface area (TPSA) is 45.3 Å². The minimum Gasteiger partial charge on any atom is -0.496 e. The van der Waals surface area contributed by atoms with E-state index in [1.54, 1.807) is 7.11 Å². The lowest BCUT2D eigenvalue weighted by Gasteiger charge is -2.28. The maximum atomic E-state index is 12.9. The molecular formula is C16H16Br2N2O2. The first kappa shape index (κ1) is 15.6. The number of rotatable bonds is 2. The Kier molecular flexibility index (Phi) is 4.32. The summed E-state index contributed by atoms with van der Waals surface area (Å²) in [4.78, 5) is 18.0. The van der Waals surface area contributed by atoms with Gasteiger partial charge in [0.2, 0.25) is 0 Å². The molecule has 0 saturated carbocycles. The van der Waals surface area contributed by atoms with Gasteiger partial charge in [-0.1, -0.05) is 11.6 Å². The molecule has 116 valence electrons. The van der Waals surface area contributed by atoms with Gasteiger partial charge in [-0.25, -0.2) is 0 Å². The number of aromatic nitrogens is 1. The first-order valence-electron chi connectivity index (χ1n) is 7.00. The van der Waals surface area contributed by atoms with Gasteiger partial charge in [-0.15, -0.1) is 0 Å². The molecule has 0 spiro atoms. The molecule has 0 aliphatic carbocycles. The highest BCUT2D eigenvalue weighted by Gasteiger charge is 2.27. The molecule has 1 aliphatic rings. The van der Waals surface area contributed by atoms with E-state index in [2.05, 4.69) is 36.8 Å². The van der Waals surface area contributed by atoms with E-state index >= 15 is 0 Å². The minimum atomic E-state index is 0.00965. The lowest BCUT2D eigenvalue weighted by molar-refractivity contribution is 0.0730. The van der Waals surface area contributed by atoms with Crippen LogP contribution in [0.15, 0.2) is 27.3 Å². The summed E-state index contributed by atoms with van der Waals surface area (Å²) in [5, 5.41) is 0. The minimum absolute atomic E-state index is 0.00965. The fourth-order valence-electron chi connectivity index (χ4n) is 2.76. The number of amides is 1. The van der Waals surface area contributed by atoms with Crippen LogP contribution in [0.5, 0.6) is 5.75 Å². The molecule has 0 fully saturated rings. The van der Waals surface area contributed by atoms with Gasteiger partial charge in [0, 0.05) is 30.8 Å². The van der Waals surface area contributed by atoms with E-state index in [0.29, 0.717) is 24.4 Å². The number of aryl methyl sites for hydroxylation is 1. The van der Waals surface area contributed by atoms with Crippen LogP contribution in [-0.2, 0) is 13.0 Å². The fourth-order valence-corrected chi connectivity index (χ4v) is 3.70. The van der Waals surface area contributed by atoms with Crippen molar-refractivity contribution in [2.45, 2.75) is 19.9 Å². The van der Waals surface area contributed by atoms with Crippen LogP contribution in [0.4, 0.5) is 0 Å². The number of nitrogens with zero attached hydrogens (tertiary/aromatic N) is 1. The quantitative estimate of drug-likeness (QED) is 0.785. The van der Waals surface area contributed by atoms with Gasteiger partial charge in [0.15, 0.2) is 0 Å². The lowest BCUT2D eigenvalue weighted by atomic mass is 10.0. The van der Waals surface area contributed by atoms with E-state index in [0.717, 1.165) is 26.6 Å². The first-order chi connectivity index (χ1) is 10.5. The zero-order valence-corrected chi connectivity index (χ0v) is 15.5. The Bertz CT molecular complexity index is 740. The number of carbonyl (C=O) groups is 1. The van der Waals surface area contributed by atoms with Crippen molar-refractivity contribution in [1.29, 1.82) is 0 Å². The number of halogens is 2. The molecule has 3 rings (SSSR count). The molecule has 6 heteroatoms. The standard InChI is InChI=1S/C16H16Br2N2O2/c1-9-3-4-13(22-2)10(7-9)16(21)20-6-5-12-11(8-20)14(17)15(18)19-12/h3-4,7,19H,5-6,8H2,1-2H3. The summed E-state index contributed by atoms with van der Waals surface area (Å²) in [5.74, 6) is 0.631. The van der Waals surface area contributed by atoms with Gasteiger partial charge < -0.3 is 14.6 Å². The number of nitrogens with one attached hydrogen (secondary N) is 1. The zero-order chi connectivity index (χ0) is 15.9. The third kappa shape index (κ3) is 2.70. The van der Waals surface area contributed by atoms with E-state index in [9.17, 15) is 4.79 Å². The van der Waals surface area contributed by atoms with Gasteiger partial charge in [0.05, 0.1) is 21.7 Å². The van der Waals surface area contributed by atoms with E-state index in [4.69, 9.17) is 4.74 Å². The Morgan fingerprint density at radius 1 is 1.36 bits per heavy atom. The molecule has 0 radical (unpaired) electrons. The van der Waals surface area contributed by atoms with Crippen molar-refractivity contribution in [3.63, 3.8) is 0 Å². The molecule has 4 nitrogen and oxygen atoms in total. The number of methoxy groups -OCH3 is 1. The van der Waals surface area contributed by atoms with Crippen LogP contribution in [0, 0.1) is 6.92 Å². The van der Waals surface area contributed by atoms with Crippen LogP contribution in [0.3, 0.4) is 0 Å². The number of fused-ring (bicyclic) bond motifs is 1. The number of hydrogen-bond donors (Lipinski definition) is 1. The summed E-state index contributed by atoms with van der Waals surface area (Å²) in [6.07, 6.45) is 0.819. The maximum absolute atomic E-state index is 12.9. The number of carbonyl (C=O) groups excluding carboxylic acids is 1. The molecule has 2 heterocycles. The van der Waals surface area contributed by atoms with Crippen molar-refractivity contribution in [3.05, 3.63) is 49.7 Å². The van der Waals surface area contributed by atoms with E-state index < -0.39 is 0 Å². The van der Waals surface area contributed by atoms with Crippen molar-refractivity contribution >= 4 is 37.8 Å². The van der Waals surface area contributed by atoms with Crippen LogP contribution in [-0.4, -0.2) is 29.4 Å². The molecule has 22 heavy (non-hydrogen) atoms. The SMILES string of the molecule is COc1ccc(C)cc1C(=O)N1CCc2[nH]c(Br)c(Br)c2C1. The summed E-state index contributed by atoms with van der Waals surface area (Å²) in [6, 6.07) is 5.68. The Balaban J connectivity index is 1.91. The highest BCUT2D eigenvalue weighted by atomic mass is 79.9. The molecule has 1 aromatic carbocycles. The van der Waals surface area contributed by atoms with Gasteiger partial charge in [-0.05, 0) is 50.9 Å². The Labute approximate surface area is 146 Å². The van der Waals surface area contributed by atoms with Crippen molar-refractivity contribution in [2.24, 2.45) is 0 Å². The summed E-state index contributed by atoms with van der Waals surface area (Å²) in [6.45, 7) is 3.26. The predicted octanol–water partition coefficient (Wildman–Crippen LogP) is 4.06. The Hall–Kier alpha value is -1.27. The highest BCUT2D eigenvalue weighted by Crippen LogP contribution is 2.34. The number of aromatic amines is 1. The second-order valence-electron chi connectivity index (χ2n) is 5.39. The fraction of sp³-hybridized carbons (Fsp3) is 0.312. The van der Waals surface area contributed by atoms with Crippen molar-refractivity contribution in [2.75, 3.05) is 13.7 Å². The van der Waals surface area contributed by atoms with Crippen LogP contribution in [0.2, 0.25) is 0 Å². The molecule has 1 N–H and O–H groups in total. The molecular weight excluding hydrogens is 412 g/mol. The van der Waals surface area contributed by atoms with Crippen molar-refractivity contribution in [1.82, 2.24) is 9.88 Å². The second-order valence-corrected chi connectivity index (χ2v) is 6.98. The molecule has 0 saturated heterocycles. The Morgan fingerprint density at radius 2 is 2.14 bits per heavy atom. The average molecular weight is 428 g/mol. The molecule has 0 bridgehead atoms. The van der Waals surface area contributed by atoms with Crippen molar-refractivity contribution < 1.29 is 9.53 Å². The third-order valence-corrected chi connectivity index (χ3v) is 5.94. The second kappa shape index (κ2) is 6.08. The van der Waals surface area contributed by atoms with E-state index in [1.807, 2.05) is 30.0 Å². The zero-order valence-electron chi connectivity index (χ0n) is 12.4. The number of ether oxygens (including phenoxy) is 1. The summed E-state index contributed by atoms with van der Waals surface area (Å²) < 4.78 is 7.27. The Morgan fingerprint density at radius 3 is 2.86 bits per heavy atom. The molecule has 1 amide bonds. The largest absolute Gasteiger partial charge is 0.496 e. The lowest BCUT2D eigenvalue weighted by Crippen LogP contribution is -2.36. The van der Waals surface area contributed by atoms with Gasteiger partial charge in [-0.3, -0.25) is 4.79 Å².